The van der Waals surface area contributed by atoms with Crippen LogP contribution in [-0.4, -0.2) is 17.1 Å². The van der Waals surface area contributed by atoms with Crippen LogP contribution in [0.2, 0.25) is 0 Å². The topological polar surface area (TPSA) is 81.2 Å². The van der Waals surface area contributed by atoms with Crippen LogP contribution in [0.1, 0.15) is 38.8 Å². The van der Waals surface area contributed by atoms with E-state index < -0.39 is 0 Å². The van der Waals surface area contributed by atoms with E-state index >= 15 is 0 Å². The zero-order chi connectivity index (χ0) is 12.8. The molecule has 0 bridgehead atoms. The fourth-order valence-electron chi connectivity index (χ4n) is 1.54. The summed E-state index contributed by atoms with van der Waals surface area (Å²) >= 11 is 0. The Bertz CT molecular complexity index is 360. The Labute approximate surface area is 102 Å². The Morgan fingerprint density at radius 1 is 1.53 bits per heavy atom. The lowest BCUT2D eigenvalue weighted by molar-refractivity contribution is -0.119. The summed E-state index contributed by atoms with van der Waals surface area (Å²) in [5, 5.41) is 6.41. The molecule has 3 N–H and O–H groups in total. The molecule has 0 saturated heterocycles. The van der Waals surface area contributed by atoms with Crippen LogP contribution in [0.3, 0.4) is 0 Å². The number of carbonyl (C=O) groups is 1. The van der Waals surface area contributed by atoms with Crippen LogP contribution < -0.4 is 11.1 Å². The van der Waals surface area contributed by atoms with Crippen molar-refractivity contribution in [2.24, 2.45) is 11.7 Å². The standard InChI is InChI=1S/C12H21N3O2/c1-8(5-4-6-9(2)13)12(16)14-11-7-10(3)15-17-11/h7-9H,4-6,13H2,1-3H3,(H,14,16). The lowest BCUT2D eigenvalue weighted by Crippen LogP contribution is -2.21. The van der Waals surface area contributed by atoms with Gasteiger partial charge in [0.05, 0.1) is 5.69 Å². The molecule has 0 aliphatic carbocycles. The summed E-state index contributed by atoms with van der Waals surface area (Å²) in [5.41, 5.74) is 6.41. The maximum atomic E-state index is 11.8. The van der Waals surface area contributed by atoms with Crippen molar-refractivity contribution in [1.82, 2.24) is 5.16 Å². The Morgan fingerprint density at radius 2 is 2.24 bits per heavy atom. The quantitative estimate of drug-likeness (QED) is 0.796. The van der Waals surface area contributed by atoms with Crippen LogP contribution in [0.5, 0.6) is 0 Å². The molecule has 1 rings (SSSR count). The summed E-state index contributed by atoms with van der Waals surface area (Å²) in [7, 11) is 0. The average Bonchev–Trinajstić information content (AvgIpc) is 2.63. The van der Waals surface area contributed by atoms with Crippen molar-refractivity contribution in [1.29, 1.82) is 0 Å². The molecule has 1 aromatic rings. The van der Waals surface area contributed by atoms with E-state index in [-0.39, 0.29) is 17.9 Å². The van der Waals surface area contributed by atoms with Gasteiger partial charge in [0, 0.05) is 18.0 Å². The second kappa shape index (κ2) is 6.39. The Hall–Kier alpha value is -1.36. The van der Waals surface area contributed by atoms with Crippen molar-refractivity contribution in [2.45, 2.75) is 46.1 Å². The van der Waals surface area contributed by atoms with Crippen molar-refractivity contribution in [2.75, 3.05) is 5.32 Å². The molecular formula is C12H21N3O2. The van der Waals surface area contributed by atoms with Crippen molar-refractivity contribution in [3.05, 3.63) is 11.8 Å². The number of aryl methyl sites for hydroxylation is 1. The molecule has 5 nitrogen and oxygen atoms in total. The summed E-state index contributed by atoms with van der Waals surface area (Å²) < 4.78 is 4.93. The van der Waals surface area contributed by atoms with Gasteiger partial charge in [-0.05, 0) is 26.7 Å². The van der Waals surface area contributed by atoms with E-state index in [1.54, 1.807) is 6.07 Å². The molecule has 0 aliphatic rings. The Kier molecular flexibility index (Phi) is 5.15. The van der Waals surface area contributed by atoms with Gasteiger partial charge in [-0.2, -0.15) is 0 Å². The van der Waals surface area contributed by atoms with Crippen molar-refractivity contribution >= 4 is 11.8 Å². The second-order valence-electron chi connectivity index (χ2n) is 4.63. The van der Waals surface area contributed by atoms with Crippen LogP contribution >= 0.6 is 0 Å². The van der Waals surface area contributed by atoms with E-state index in [0.29, 0.717) is 5.88 Å². The number of hydrogen-bond donors (Lipinski definition) is 2. The zero-order valence-corrected chi connectivity index (χ0v) is 10.7. The number of carbonyl (C=O) groups excluding carboxylic acids is 1. The molecular weight excluding hydrogens is 218 g/mol. The fraction of sp³-hybridized carbons (Fsp3) is 0.667. The summed E-state index contributed by atoms with van der Waals surface area (Å²) in [4.78, 5) is 11.8. The van der Waals surface area contributed by atoms with E-state index in [1.165, 1.54) is 0 Å². The predicted molar refractivity (Wildman–Crippen MR) is 66.5 cm³/mol. The van der Waals surface area contributed by atoms with Gasteiger partial charge in [-0.3, -0.25) is 10.1 Å². The molecule has 0 aromatic carbocycles. The van der Waals surface area contributed by atoms with E-state index in [1.807, 2.05) is 20.8 Å². The number of nitrogens with one attached hydrogen (secondary N) is 1. The van der Waals surface area contributed by atoms with Gasteiger partial charge in [-0.25, -0.2) is 0 Å². The molecule has 5 heteroatoms. The number of nitrogens with two attached hydrogens (primary N) is 1. The number of anilines is 1. The maximum Gasteiger partial charge on any atom is 0.231 e. The van der Waals surface area contributed by atoms with E-state index in [0.717, 1.165) is 25.0 Å². The minimum atomic E-state index is -0.0424. The molecule has 0 spiro atoms. The minimum Gasteiger partial charge on any atom is -0.338 e. The van der Waals surface area contributed by atoms with Gasteiger partial charge in [-0.15, -0.1) is 0 Å². The number of nitrogens with zero attached hydrogens (tertiary/aromatic N) is 1. The molecule has 0 aliphatic heterocycles. The first-order valence-electron chi connectivity index (χ1n) is 5.98. The van der Waals surface area contributed by atoms with Gasteiger partial charge in [0.25, 0.3) is 0 Å². The molecule has 0 fully saturated rings. The molecule has 1 heterocycles. The zero-order valence-electron chi connectivity index (χ0n) is 10.7. The first-order chi connectivity index (χ1) is 7.99. The van der Waals surface area contributed by atoms with Crippen molar-refractivity contribution < 1.29 is 9.32 Å². The summed E-state index contributed by atoms with van der Waals surface area (Å²) in [6.07, 6.45) is 2.74. The number of amides is 1. The van der Waals surface area contributed by atoms with Crippen molar-refractivity contribution in [3.63, 3.8) is 0 Å². The highest BCUT2D eigenvalue weighted by molar-refractivity contribution is 5.90. The highest BCUT2D eigenvalue weighted by Crippen LogP contribution is 2.14. The molecule has 1 amide bonds. The fourth-order valence-corrected chi connectivity index (χ4v) is 1.54. The van der Waals surface area contributed by atoms with E-state index in [9.17, 15) is 4.79 Å². The van der Waals surface area contributed by atoms with Crippen LogP contribution in [0.4, 0.5) is 5.88 Å². The highest BCUT2D eigenvalue weighted by atomic mass is 16.5. The summed E-state index contributed by atoms with van der Waals surface area (Å²) in [6, 6.07) is 1.90. The molecule has 0 saturated carbocycles. The molecule has 2 unspecified atom stereocenters. The summed E-state index contributed by atoms with van der Waals surface area (Å²) in [6.45, 7) is 5.69. The summed E-state index contributed by atoms with van der Waals surface area (Å²) in [5.74, 6) is 0.330. The third-order valence-corrected chi connectivity index (χ3v) is 2.62. The first-order valence-corrected chi connectivity index (χ1v) is 5.98. The molecule has 2 atom stereocenters. The van der Waals surface area contributed by atoms with E-state index in [2.05, 4.69) is 10.5 Å². The van der Waals surface area contributed by atoms with Gasteiger partial charge in [-0.1, -0.05) is 18.5 Å². The average molecular weight is 239 g/mol. The van der Waals surface area contributed by atoms with Gasteiger partial charge in [0.15, 0.2) is 0 Å². The van der Waals surface area contributed by atoms with Crippen LogP contribution in [0.25, 0.3) is 0 Å². The van der Waals surface area contributed by atoms with Gasteiger partial charge >= 0.3 is 0 Å². The smallest absolute Gasteiger partial charge is 0.231 e. The second-order valence-corrected chi connectivity index (χ2v) is 4.63. The highest BCUT2D eigenvalue weighted by Gasteiger charge is 2.14. The van der Waals surface area contributed by atoms with Crippen LogP contribution in [0, 0.1) is 12.8 Å². The third-order valence-electron chi connectivity index (χ3n) is 2.62. The van der Waals surface area contributed by atoms with Crippen LogP contribution in [0.15, 0.2) is 10.6 Å². The van der Waals surface area contributed by atoms with E-state index in [4.69, 9.17) is 10.3 Å². The largest absolute Gasteiger partial charge is 0.338 e. The van der Waals surface area contributed by atoms with Crippen LogP contribution in [-0.2, 0) is 4.79 Å². The Morgan fingerprint density at radius 3 is 2.76 bits per heavy atom. The van der Waals surface area contributed by atoms with Gasteiger partial charge < -0.3 is 10.3 Å². The molecule has 1 aromatic heterocycles. The number of aromatic nitrogens is 1. The molecule has 17 heavy (non-hydrogen) atoms. The lowest BCUT2D eigenvalue weighted by Gasteiger charge is -2.11. The first kappa shape index (κ1) is 13.7. The third kappa shape index (κ3) is 4.99. The normalized spacial score (nSPS) is 14.4. The minimum absolute atomic E-state index is 0.0363. The SMILES string of the molecule is Cc1cc(NC(=O)C(C)CCCC(C)N)on1. The number of rotatable bonds is 6. The molecule has 0 radical (unpaired) electrons. The van der Waals surface area contributed by atoms with Gasteiger partial charge in [0.2, 0.25) is 11.8 Å². The Balaban J connectivity index is 2.32. The molecule has 96 valence electrons. The van der Waals surface area contributed by atoms with Gasteiger partial charge in [0.1, 0.15) is 0 Å². The number of hydrogen-bond acceptors (Lipinski definition) is 4. The van der Waals surface area contributed by atoms with Crippen molar-refractivity contribution in [3.8, 4) is 0 Å². The predicted octanol–water partition coefficient (Wildman–Crippen LogP) is 2.08. The monoisotopic (exact) mass is 239 g/mol. The maximum absolute atomic E-state index is 11.8. The lowest BCUT2D eigenvalue weighted by atomic mass is 10.0.